The van der Waals surface area contributed by atoms with Crippen LogP contribution in [-0.2, 0) is 14.3 Å². The van der Waals surface area contributed by atoms with Crippen molar-refractivity contribution in [2.75, 3.05) is 32.1 Å². The van der Waals surface area contributed by atoms with E-state index in [1.165, 1.54) is 12.0 Å². The number of fused-ring (bicyclic) bond motifs is 1. The van der Waals surface area contributed by atoms with Crippen LogP contribution in [0.5, 0.6) is 0 Å². The zero-order chi connectivity index (χ0) is 18.8. The van der Waals surface area contributed by atoms with Gasteiger partial charge in [-0.1, -0.05) is 0 Å². The van der Waals surface area contributed by atoms with E-state index in [9.17, 15) is 14.4 Å². The van der Waals surface area contributed by atoms with Crippen LogP contribution in [0.3, 0.4) is 0 Å². The standard InChI is InChI=1S/C17H16N2O6S/c1-25-17(24)11-8-19(4-5-20)15(21)14(11)18-10-2-3-12-9(6-10)7-13(26-12)16(22)23/h2-3,6-7,18,20H,4-5,8H2,1H3,(H,22,23). The molecule has 2 heterocycles. The molecule has 0 aliphatic carbocycles. The zero-order valence-electron chi connectivity index (χ0n) is 13.8. The van der Waals surface area contributed by atoms with Gasteiger partial charge in [0.2, 0.25) is 0 Å². The van der Waals surface area contributed by atoms with Gasteiger partial charge in [0.05, 0.1) is 25.8 Å². The molecule has 0 spiro atoms. The summed E-state index contributed by atoms with van der Waals surface area (Å²) in [5.41, 5.74) is 0.823. The molecule has 2 aromatic rings. The molecule has 1 aliphatic heterocycles. The van der Waals surface area contributed by atoms with Gasteiger partial charge in [-0.25, -0.2) is 9.59 Å². The second kappa shape index (κ2) is 7.14. The Morgan fingerprint density at radius 1 is 1.35 bits per heavy atom. The van der Waals surface area contributed by atoms with Gasteiger partial charge in [-0.2, -0.15) is 0 Å². The molecule has 0 saturated heterocycles. The fraction of sp³-hybridized carbons (Fsp3) is 0.235. The number of hydrogen-bond donors (Lipinski definition) is 3. The number of esters is 1. The molecule has 0 radical (unpaired) electrons. The van der Waals surface area contributed by atoms with Gasteiger partial charge in [-0.15, -0.1) is 11.3 Å². The zero-order valence-corrected chi connectivity index (χ0v) is 14.6. The lowest BCUT2D eigenvalue weighted by atomic mass is 10.2. The third kappa shape index (κ3) is 3.26. The third-order valence-electron chi connectivity index (χ3n) is 3.95. The van der Waals surface area contributed by atoms with Crippen molar-refractivity contribution in [3.63, 3.8) is 0 Å². The lowest BCUT2D eigenvalue weighted by molar-refractivity contribution is -0.136. The molecule has 1 aromatic carbocycles. The number of ether oxygens (including phenoxy) is 1. The minimum absolute atomic E-state index is 0.0538. The monoisotopic (exact) mass is 376 g/mol. The lowest BCUT2D eigenvalue weighted by Crippen LogP contribution is -2.31. The van der Waals surface area contributed by atoms with Gasteiger partial charge in [0.25, 0.3) is 5.91 Å². The van der Waals surface area contributed by atoms with E-state index in [0.29, 0.717) is 5.69 Å². The van der Waals surface area contributed by atoms with Crippen LogP contribution in [0.2, 0.25) is 0 Å². The number of benzene rings is 1. The quantitative estimate of drug-likeness (QED) is 0.650. The van der Waals surface area contributed by atoms with Crippen LogP contribution in [-0.4, -0.2) is 59.8 Å². The molecule has 0 bridgehead atoms. The SMILES string of the molecule is COC(=O)C1=C(Nc2ccc3sc(C(=O)O)cc3c2)C(=O)N(CCO)C1. The van der Waals surface area contributed by atoms with E-state index in [4.69, 9.17) is 14.9 Å². The number of anilines is 1. The maximum absolute atomic E-state index is 12.5. The van der Waals surface area contributed by atoms with Crippen LogP contribution >= 0.6 is 11.3 Å². The van der Waals surface area contributed by atoms with Crippen molar-refractivity contribution >= 4 is 45.0 Å². The smallest absolute Gasteiger partial charge is 0.345 e. The highest BCUT2D eigenvalue weighted by atomic mass is 32.1. The third-order valence-corrected chi connectivity index (χ3v) is 5.05. The summed E-state index contributed by atoms with van der Waals surface area (Å²) < 4.78 is 5.54. The van der Waals surface area contributed by atoms with E-state index >= 15 is 0 Å². The van der Waals surface area contributed by atoms with Gasteiger partial charge in [-0.05, 0) is 29.7 Å². The molecule has 0 unspecified atom stereocenters. The Balaban J connectivity index is 1.93. The van der Waals surface area contributed by atoms with Crippen molar-refractivity contribution in [2.45, 2.75) is 0 Å². The van der Waals surface area contributed by atoms with Gasteiger partial charge in [0.15, 0.2) is 0 Å². The van der Waals surface area contributed by atoms with Gasteiger partial charge in [0, 0.05) is 16.9 Å². The first-order chi connectivity index (χ1) is 12.4. The Hall–Kier alpha value is -2.91. The molecular weight excluding hydrogens is 360 g/mol. The number of β-amino-alcohol motifs (C(OH)–C–C–N with tert-alkyl or cyclic N) is 1. The summed E-state index contributed by atoms with van der Waals surface area (Å²) in [6, 6.07) is 6.71. The number of nitrogens with one attached hydrogen (secondary N) is 1. The van der Waals surface area contributed by atoms with Crippen molar-refractivity contribution < 1.29 is 29.3 Å². The van der Waals surface area contributed by atoms with Crippen LogP contribution in [0.1, 0.15) is 9.67 Å². The summed E-state index contributed by atoms with van der Waals surface area (Å²) in [6.45, 7) is -0.0550. The molecule has 8 nitrogen and oxygen atoms in total. The van der Waals surface area contributed by atoms with Crippen LogP contribution in [0.4, 0.5) is 5.69 Å². The van der Waals surface area contributed by atoms with Crippen molar-refractivity contribution in [1.29, 1.82) is 0 Å². The molecule has 136 valence electrons. The minimum Gasteiger partial charge on any atom is -0.477 e. The summed E-state index contributed by atoms with van der Waals surface area (Å²) in [4.78, 5) is 37.1. The Kier molecular flexibility index (Phi) is 4.92. The molecule has 0 fully saturated rings. The number of carbonyl (C=O) groups is 3. The normalized spacial score (nSPS) is 14.2. The number of carbonyl (C=O) groups excluding carboxylic acids is 2. The second-order valence-corrected chi connectivity index (χ2v) is 6.67. The van der Waals surface area contributed by atoms with Gasteiger partial charge < -0.3 is 25.2 Å². The number of aliphatic hydroxyl groups is 1. The Labute approximate surface area is 152 Å². The van der Waals surface area contributed by atoms with Gasteiger partial charge in [0.1, 0.15) is 10.6 Å². The number of amides is 1. The van der Waals surface area contributed by atoms with Crippen LogP contribution in [0.25, 0.3) is 10.1 Å². The van der Waals surface area contributed by atoms with Crippen LogP contribution in [0.15, 0.2) is 35.5 Å². The average Bonchev–Trinajstić information content (AvgIpc) is 3.18. The van der Waals surface area contributed by atoms with Crippen molar-refractivity contribution in [3.8, 4) is 0 Å². The van der Waals surface area contributed by atoms with Gasteiger partial charge in [-0.3, -0.25) is 4.79 Å². The number of methoxy groups -OCH3 is 1. The first-order valence-electron chi connectivity index (χ1n) is 7.70. The number of nitrogens with zero attached hydrogens (tertiary/aromatic N) is 1. The van der Waals surface area contributed by atoms with E-state index in [0.717, 1.165) is 21.4 Å². The highest BCUT2D eigenvalue weighted by molar-refractivity contribution is 7.20. The van der Waals surface area contributed by atoms with Crippen LogP contribution in [0, 0.1) is 0 Å². The second-order valence-electron chi connectivity index (χ2n) is 5.59. The fourth-order valence-electron chi connectivity index (χ4n) is 2.72. The Morgan fingerprint density at radius 3 is 2.77 bits per heavy atom. The topological polar surface area (TPSA) is 116 Å². The highest BCUT2D eigenvalue weighted by Gasteiger charge is 2.34. The number of rotatable bonds is 6. The number of thiophene rings is 1. The van der Waals surface area contributed by atoms with E-state index in [1.54, 1.807) is 24.3 Å². The largest absolute Gasteiger partial charge is 0.477 e. The van der Waals surface area contributed by atoms with E-state index in [1.807, 2.05) is 0 Å². The Bertz CT molecular complexity index is 932. The molecule has 0 saturated carbocycles. The molecule has 3 rings (SSSR count). The summed E-state index contributed by atoms with van der Waals surface area (Å²) in [7, 11) is 1.23. The predicted molar refractivity (Wildman–Crippen MR) is 95.1 cm³/mol. The predicted octanol–water partition coefficient (Wildman–Crippen LogP) is 1.27. The molecule has 9 heteroatoms. The van der Waals surface area contributed by atoms with Gasteiger partial charge >= 0.3 is 11.9 Å². The highest BCUT2D eigenvalue weighted by Crippen LogP contribution is 2.30. The minimum atomic E-state index is -0.998. The molecule has 1 aromatic heterocycles. The number of hydrogen-bond acceptors (Lipinski definition) is 7. The molecule has 3 N–H and O–H groups in total. The summed E-state index contributed by atoms with van der Waals surface area (Å²) in [5.74, 6) is -2.02. The molecule has 0 atom stereocenters. The maximum Gasteiger partial charge on any atom is 0.345 e. The molecule has 26 heavy (non-hydrogen) atoms. The lowest BCUT2D eigenvalue weighted by Gasteiger charge is -2.15. The molecule has 1 amide bonds. The number of aliphatic hydroxyl groups excluding tert-OH is 1. The fourth-order valence-corrected chi connectivity index (χ4v) is 3.60. The maximum atomic E-state index is 12.5. The number of carboxylic acids is 1. The summed E-state index contributed by atoms with van der Waals surface area (Å²) >= 11 is 1.16. The first kappa shape index (κ1) is 17.9. The molecular formula is C17H16N2O6S. The van der Waals surface area contributed by atoms with Crippen LogP contribution < -0.4 is 5.32 Å². The van der Waals surface area contributed by atoms with Crippen molar-refractivity contribution in [2.24, 2.45) is 0 Å². The Morgan fingerprint density at radius 2 is 2.12 bits per heavy atom. The molecule has 1 aliphatic rings. The number of aromatic carboxylic acids is 1. The van der Waals surface area contributed by atoms with Crippen molar-refractivity contribution in [3.05, 3.63) is 40.4 Å². The average molecular weight is 376 g/mol. The number of carboxylic acid groups (broad SMARTS) is 1. The van der Waals surface area contributed by atoms with E-state index in [2.05, 4.69) is 5.32 Å². The summed E-state index contributed by atoms with van der Waals surface area (Å²) in [6.07, 6.45) is 0. The van der Waals surface area contributed by atoms with E-state index in [-0.39, 0.29) is 35.8 Å². The first-order valence-corrected chi connectivity index (χ1v) is 8.51. The van der Waals surface area contributed by atoms with E-state index < -0.39 is 17.8 Å². The summed E-state index contributed by atoms with van der Waals surface area (Å²) in [5, 5.41) is 21.8. The van der Waals surface area contributed by atoms with Crippen molar-refractivity contribution in [1.82, 2.24) is 4.90 Å².